The lowest BCUT2D eigenvalue weighted by Gasteiger charge is -2.42. The van der Waals surface area contributed by atoms with Crippen molar-refractivity contribution in [3.05, 3.63) is 29.8 Å². The number of para-hydroxylation sites is 1. The monoisotopic (exact) mass is 402 g/mol. The molecule has 2 aliphatic rings. The lowest BCUT2D eigenvalue weighted by atomic mass is 9.75. The molecule has 6 heteroatoms. The van der Waals surface area contributed by atoms with Crippen molar-refractivity contribution in [3.8, 4) is 5.75 Å². The maximum Gasteiger partial charge on any atom is 0.257 e. The molecule has 2 amide bonds. The van der Waals surface area contributed by atoms with Gasteiger partial charge in [0, 0.05) is 45.1 Å². The van der Waals surface area contributed by atoms with Gasteiger partial charge in [0.05, 0.1) is 18.8 Å². The number of likely N-dealkylation sites (tertiary alicyclic amines) is 1. The van der Waals surface area contributed by atoms with Crippen molar-refractivity contribution in [2.24, 2.45) is 5.41 Å². The highest BCUT2D eigenvalue weighted by molar-refractivity contribution is 5.96. The smallest absolute Gasteiger partial charge is 0.257 e. The predicted octanol–water partition coefficient (Wildman–Crippen LogP) is 3.36. The van der Waals surface area contributed by atoms with Crippen molar-refractivity contribution >= 4 is 11.8 Å². The van der Waals surface area contributed by atoms with Gasteiger partial charge in [-0.05, 0) is 37.8 Å². The number of carbonyl (C=O) groups is 2. The number of hydrogen-bond acceptors (Lipinski definition) is 4. The molecule has 1 aromatic carbocycles. The molecule has 0 aromatic heterocycles. The van der Waals surface area contributed by atoms with Crippen molar-refractivity contribution in [1.82, 2.24) is 9.80 Å². The number of piperidine rings is 1. The number of carbonyl (C=O) groups excluding carboxylic acids is 2. The van der Waals surface area contributed by atoms with Crippen LogP contribution in [-0.2, 0) is 9.53 Å². The second-order valence-electron chi connectivity index (χ2n) is 8.32. The van der Waals surface area contributed by atoms with Gasteiger partial charge in [0.1, 0.15) is 5.75 Å². The number of rotatable bonds is 1. The van der Waals surface area contributed by atoms with E-state index < -0.39 is 0 Å². The van der Waals surface area contributed by atoms with E-state index in [1.54, 1.807) is 11.9 Å². The summed E-state index contributed by atoms with van der Waals surface area (Å²) in [7, 11) is 1.80. The van der Waals surface area contributed by atoms with Crippen LogP contribution in [0.5, 0.6) is 5.75 Å². The zero-order valence-electron chi connectivity index (χ0n) is 17.8. The second kappa shape index (κ2) is 10.1. The van der Waals surface area contributed by atoms with E-state index in [0.29, 0.717) is 37.5 Å². The second-order valence-corrected chi connectivity index (χ2v) is 8.32. The molecule has 1 aromatic rings. The Morgan fingerprint density at radius 1 is 1.07 bits per heavy atom. The molecule has 0 unspecified atom stereocenters. The first kappa shape index (κ1) is 21.6. The van der Waals surface area contributed by atoms with Gasteiger partial charge < -0.3 is 19.3 Å². The number of benzene rings is 1. The summed E-state index contributed by atoms with van der Waals surface area (Å²) in [5.74, 6) is 0.835. The molecule has 1 spiro atoms. The van der Waals surface area contributed by atoms with E-state index in [-0.39, 0.29) is 17.2 Å². The van der Waals surface area contributed by atoms with Gasteiger partial charge in [-0.2, -0.15) is 0 Å². The largest absolute Gasteiger partial charge is 0.492 e. The Morgan fingerprint density at radius 2 is 1.83 bits per heavy atom. The maximum atomic E-state index is 12.9. The lowest BCUT2D eigenvalue weighted by Crippen LogP contribution is -2.45. The molecular formula is C23H34N2O4. The first-order chi connectivity index (χ1) is 14.0. The maximum absolute atomic E-state index is 12.9. The van der Waals surface area contributed by atoms with E-state index in [1.165, 1.54) is 0 Å². The third kappa shape index (κ3) is 5.50. The fourth-order valence-corrected chi connectivity index (χ4v) is 4.24. The van der Waals surface area contributed by atoms with Crippen LogP contribution in [0.1, 0.15) is 55.8 Å². The van der Waals surface area contributed by atoms with Gasteiger partial charge in [-0.25, -0.2) is 0 Å². The van der Waals surface area contributed by atoms with Crippen LogP contribution in [0, 0.1) is 5.41 Å². The Kier molecular flexibility index (Phi) is 7.53. The summed E-state index contributed by atoms with van der Waals surface area (Å²) in [4.78, 5) is 28.6. The average Bonchev–Trinajstić information content (AvgIpc) is 2.76. The minimum Gasteiger partial charge on any atom is -0.492 e. The van der Waals surface area contributed by atoms with Crippen LogP contribution in [0.3, 0.4) is 0 Å². The third-order valence-corrected chi connectivity index (χ3v) is 6.29. The average molecular weight is 403 g/mol. The van der Waals surface area contributed by atoms with E-state index in [0.717, 1.165) is 51.8 Å². The summed E-state index contributed by atoms with van der Waals surface area (Å²) in [6.45, 7) is 5.91. The van der Waals surface area contributed by atoms with Gasteiger partial charge in [0.15, 0.2) is 0 Å². The van der Waals surface area contributed by atoms with Gasteiger partial charge in [-0.15, -0.1) is 0 Å². The lowest BCUT2D eigenvalue weighted by molar-refractivity contribution is -0.133. The van der Waals surface area contributed by atoms with Crippen LogP contribution in [0.15, 0.2) is 24.3 Å². The number of nitrogens with zero attached hydrogens (tertiary/aromatic N) is 2. The van der Waals surface area contributed by atoms with E-state index in [1.807, 2.05) is 36.1 Å². The summed E-state index contributed by atoms with van der Waals surface area (Å²) in [6.07, 6.45) is 5.59. The summed E-state index contributed by atoms with van der Waals surface area (Å²) < 4.78 is 12.0. The Morgan fingerprint density at radius 3 is 2.59 bits per heavy atom. The predicted molar refractivity (Wildman–Crippen MR) is 112 cm³/mol. The van der Waals surface area contributed by atoms with E-state index >= 15 is 0 Å². The quantitative estimate of drug-likeness (QED) is 0.723. The fraction of sp³-hybridized carbons (Fsp3) is 0.652. The van der Waals surface area contributed by atoms with Gasteiger partial charge in [-0.1, -0.05) is 25.5 Å². The molecule has 0 atom stereocenters. The molecule has 0 saturated carbocycles. The normalized spacial score (nSPS) is 21.2. The number of hydrogen-bond donors (Lipinski definition) is 0. The van der Waals surface area contributed by atoms with Crippen molar-refractivity contribution in [3.63, 3.8) is 0 Å². The van der Waals surface area contributed by atoms with E-state index in [2.05, 4.69) is 0 Å². The molecule has 2 aliphatic heterocycles. The first-order valence-corrected chi connectivity index (χ1v) is 10.9. The van der Waals surface area contributed by atoms with Crippen molar-refractivity contribution in [2.45, 2.75) is 45.4 Å². The molecule has 6 nitrogen and oxygen atoms in total. The van der Waals surface area contributed by atoms with Crippen LogP contribution in [0.25, 0.3) is 0 Å². The number of amides is 2. The molecule has 0 N–H and O–H groups in total. The standard InChI is InChI=1S/C23H34N2O4/c1-3-21(26)25-13-11-23(12-14-25)10-6-7-16-28-17-15-24(2)22(27)19-8-4-5-9-20(19)29-18-23/h4-5,8-9H,3,6-7,10-18H2,1-2H3. The molecule has 29 heavy (non-hydrogen) atoms. The van der Waals surface area contributed by atoms with E-state index in [9.17, 15) is 9.59 Å². The summed E-state index contributed by atoms with van der Waals surface area (Å²) in [5, 5.41) is 0. The molecule has 0 aliphatic carbocycles. The summed E-state index contributed by atoms with van der Waals surface area (Å²) in [6, 6.07) is 7.49. The molecule has 160 valence electrons. The Hall–Kier alpha value is -2.08. The van der Waals surface area contributed by atoms with Crippen LogP contribution >= 0.6 is 0 Å². The molecule has 1 fully saturated rings. The Bertz CT molecular complexity index is 698. The van der Waals surface area contributed by atoms with Gasteiger partial charge in [0.2, 0.25) is 5.91 Å². The minimum absolute atomic E-state index is 0.0384. The number of ether oxygens (including phenoxy) is 2. The Labute approximate surface area is 174 Å². The zero-order chi connectivity index (χ0) is 20.7. The topological polar surface area (TPSA) is 59.1 Å². The molecular weight excluding hydrogens is 368 g/mol. The zero-order valence-corrected chi connectivity index (χ0v) is 17.8. The minimum atomic E-state index is -0.0429. The Balaban J connectivity index is 1.77. The van der Waals surface area contributed by atoms with Crippen LogP contribution in [-0.4, -0.2) is 68.1 Å². The van der Waals surface area contributed by atoms with Gasteiger partial charge in [-0.3, -0.25) is 9.59 Å². The molecule has 1 saturated heterocycles. The summed E-state index contributed by atoms with van der Waals surface area (Å²) >= 11 is 0. The molecule has 3 rings (SSSR count). The van der Waals surface area contributed by atoms with Crippen LogP contribution < -0.4 is 4.74 Å². The van der Waals surface area contributed by atoms with Crippen molar-refractivity contribution in [1.29, 1.82) is 0 Å². The number of likely N-dealkylation sites (N-methyl/N-ethyl adjacent to an activating group) is 1. The fourth-order valence-electron chi connectivity index (χ4n) is 4.24. The SMILES string of the molecule is CCC(=O)N1CCC2(CCCCOCCN(C)C(=O)c3ccccc3OC2)CC1. The van der Waals surface area contributed by atoms with Crippen molar-refractivity contribution < 1.29 is 19.1 Å². The highest BCUT2D eigenvalue weighted by Crippen LogP contribution is 2.38. The highest BCUT2D eigenvalue weighted by atomic mass is 16.5. The highest BCUT2D eigenvalue weighted by Gasteiger charge is 2.36. The van der Waals surface area contributed by atoms with Crippen molar-refractivity contribution in [2.75, 3.05) is 46.5 Å². The number of fused-ring (bicyclic) bond motifs is 1. The summed E-state index contributed by atoms with van der Waals surface area (Å²) in [5.41, 5.74) is 0.636. The van der Waals surface area contributed by atoms with Gasteiger partial charge >= 0.3 is 0 Å². The van der Waals surface area contributed by atoms with Crippen LogP contribution in [0.4, 0.5) is 0 Å². The van der Waals surface area contributed by atoms with E-state index in [4.69, 9.17) is 9.47 Å². The molecule has 2 heterocycles. The molecule has 0 radical (unpaired) electrons. The third-order valence-electron chi connectivity index (χ3n) is 6.29. The van der Waals surface area contributed by atoms with Gasteiger partial charge in [0.25, 0.3) is 5.91 Å². The first-order valence-electron chi connectivity index (χ1n) is 10.9. The molecule has 0 bridgehead atoms. The van der Waals surface area contributed by atoms with Crippen LogP contribution in [0.2, 0.25) is 0 Å².